The molecule has 20 heavy (non-hydrogen) atoms. The van der Waals surface area contributed by atoms with Crippen molar-refractivity contribution in [3.63, 3.8) is 0 Å². The van der Waals surface area contributed by atoms with Crippen molar-refractivity contribution in [3.05, 3.63) is 0 Å². The molecule has 1 aliphatic heterocycles. The van der Waals surface area contributed by atoms with Gasteiger partial charge in [0.2, 0.25) is 5.91 Å². The van der Waals surface area contributed by atoms with Gasteiger partial charge in [-0.2, -0.15) is 13.2 Å². The van der Waals surface area contributed by atoms with Gasteiger partial charge in [0.15, 0.2) is 0 Å². The molecular formula is C14H23F3N2O. The van der Waals surface area contributed by atoms with Crippen molar-refractivity contribution in [3.8, 4) is 0 Å². The number of amides is 1. The second kappa shape index (κ2) is 6.33. The van der Waals surface area contributed by atoms with Crippen molar-refractivity contribution in [2.75, 3.05) is 20.1 Å². The van der Waals surface area contributed by atoms with Crippen LogP contribution in [0, 0.1) is 11.8 Å². The second-order valence-corrected chi connectivity index (χ2v) is 5.98. The van der Waals surface area contributed by atoms with Crippen molar-refractivity contribution < 1.29 is 18.0 Å². The number of likely N-dealkylation sites (tertiary alicyclic amines) is 1. The maximum absolute atomic E-state index is 12.6. The summed E-state index contributed by atoms with van der Waals surface area (Å²) in [6, 6.07) is 0.216. The molecule has 116 valence electrons. The third-order valence-electron chi connectivity index (χ3n) is 4.64. The average Bonchev–Trinajstić information content (AvgIpc) is 2.86. The zero-order valence-corrected chi connectivity index (χ0v) is 11.9. The summed E-state index contributed by atoms with van der Waals surface area (Å²) in [6.45, 7) is 1.52. The van der Waals surface area contributed by atoms with E-state index in [1.807, 2.05) is 11.9 Å². The summed E-state index contributed by atoms with van der Waals surface area (Å²) in [6.07, 6.45) is -1.15. The number of likely N-dealkylation sites (N-methyl/N-ethyl adjacent to an activating group) is 1. The Morgan fingerprint density at radius 3 is 2.40 bits per heavy atom. The van der Waals surface area contributed by atoms with Gasteiger partial charge in [-0.05, 0) is 45.6 Å². The van der Waals surface area contributed by atoms with Crippen LogP contribution in [0.5, 0.6) is 0 Å². The Balaban J connectivity index is 1.88. The minimum absolute atomic E-state index is 0.0726. The lowest BCUT2D eigenvalue weighted by molar-refractivity contribution is -0.185. The lowest BCUT2D eigenvalue weighted by Crippen LogP contribution is -2.45. The number of rotatable bonds is 3. The van der Waals surface area contributed by atoms with Gasteiger partial charge in [0.1, 0.15) is 0 Å². The minimum atomic E-state index is -4.10. The first kappa shape index (κ1) is 15.6. The van der Waals surface area contributed by atoms with Crippen LogP contribution < -0.4 is 5.32 Å². The molecule has 1 saturated heterocycles. The van der Waals surface area contributed by atoms with Crippen LogP contribution in [0.4, 0.5) is 13.2 Å². The molecule has 1 saturated carbocycles. The zero-order valence-electron chi connectivity index (χ0n) is 11.9. The van der Waals surface area contributed by atoms with Gasteiger partial charge in [-0.3, -0.25) is 4.79 Å². The van der Waals surface area contributed by atoms with E-state index in [-0.39, 0.29) is 30.7 Å². The lowest BCUT2D eigenvalue weighted by Gasteiger charge is -2.33. The molecule has 1 unspecified atom stereocenters. The lowest BCUT2D eigenvalue weighted by atomic mass is 9.81. The van der Waals surface area contributed by atoms with Crippen molar-refractivity contribution in [1.29, 1.82) is 0 Å². The largest absolute Gasteiger partial charge is 0.391 e. The van der Waals surface area contributed by atoms with Crippen LogP contribution in [-0.4, -0.2) is 43.2 Å². The third-order valence-corrected chi connectivity index (χ3v) is 4.64. The van der Waals surface area contributed by atoms with Gasteiger partial charge in [0, 0.05) is 25.0 Å². The summed E-state index contributed by atoms with van der Waals surface area (Å²) in [7, 11) is 1.86. The predicted molar refractivity (Wildman–Crippen MR) is 70.2 cm³/mol. The molecule has 0 aromatic heterocycles. The molecule has 1 aliphatic carbocycles. The van der Waals surface area contributed by atoms with E-state index in [0.29, 0.717) is 12.8 Å². The first-order valence-electron chi connectivity index (χ1n) is 7.45. The van der Waals surface area contributed by atoms with E-state index in [2.05, 4.69) is 5.32 Å². The van der Waals surface area contributed by atoms with Crippen LogP contribution in [0.2, 0.25) is 0 Å². The molecular weight excluding hydrogens is 269 g/mol. The fourth-order valence-corrected chi connectivity index (χ4v) is 3.48. The molecule has 2 fully saturated rings. The number of halogens is 3. The van der Waals surface area contributed by atoms with E-state index < -0.39 is 12.1 Å². The predicted octanol–water partition coefficient (Wildman–Crippen LogP) is 2.57. The molecule has 0 aromatic carbocycles. The first-order chi connectivity index (χ1) is 9.43. The van der Waals surface area contributed by atoms with Gasteiger partial charge in [-0.25, -0.2) is 0 Å². The Labute approximate surface area is 117 Å². The molecule has 1 atom stereocenters. The number of alkyl halides is 3. The highest BCUT2D eigenvalue weighted by Crippen LogP contribution is 2.40. The highest BCUT2D eigenvalue weighted by Gasteiger charge is 2.43. The van der Waals surface area contributed by atoms with Crippen molar-refractivity contribution in [2.45, 2.75) is 50.7 Å². The quantitative estimate of drug-likeness (QED) is 0.867. The SMILES string of the molecule is CNCC1CCCN1C(=O)C1CCC(C(F)(F)F)CC1. The van der Waals surface area contributed by atoms with Crippen LogP contribution in [0.25, 0.3) is 0 Å². The van der Waals surface area contributed by atoms with Gasteiger partial charge in [-0.1, -0.05) is 0 Å². The molecule has 0 aromatic rings. The molecule has 1 amide bonds. The smallest absolute Gasteiger partial charge is 0.338 e. The Morgan fingerprint density at radius 2 is 1.85 bits per heavy atom. The van der Waals surface area contributed by atoms with Crippen LogP contribution in [0.15, 0.2) is 0 Å². The fourth-order valence-electron chi connectivity index (χ4n) is 3.48. The average molecular weight is 292 g/mol. The Bertz CT molecular complexity index is 338. The number of nitrogens with zero attached hydrogens (tertiary/aromatic N) is 1. The van der Waals surface area contributed by atoms with Gasteiger partial charge in [0.05, 0.1) is 5.92 Å². The van der Waals surface area contributed by atoms with E-state index >= 15 is 0 Å². The minimum Gasteiger partial charge on any atom is -0.338 e. The van der Waals surface area contributed by atoms with Crippen LogP contribution in [0.1, 0.15) is 38.5 Å². The third kappa shape index (κ3) is 3.45. The Kier molecular flexibility index (Phi) is 4.94. The topological polar surface area (TPSA) is 32.3 Å². The molecule has 6 heteroatoms. The summed E-state index contributed by atoms with van der Waals surface area (Å²) in [5, 5.41) is 3.08. The van der Waals surface area contributed by atoms with Gasteiger partial charge >= 0.3 is 6.18 Å². The number of carbonyl (C=O) groups is 1. The number of nitrogens with one attached hydrogen (secondary N) is 1. The van der Waals surface area contributed by atoms with Crippen molar-refractivity contribution in [1.82, 2.24) is 10.2 Å². The first-order valence-corrected chi connectivity index (χ1v) is 7.45. The van der Waals surface area contributed by atoms with E-state index in [4.69, 9.17) is 0 Å². The van der Waals surface area contributed by atoms with Gasteiger partial charge in [-0.15, -0.1) is 0 Å². The van der Waals surface area contributed by atoms with E-state index in [1.165, 1.54) is 0 Å². The van der Waals surface area contributed by atoms with E-state index in [9.17, 15) is 18.0 Å². The Hall–Kier alpha value is -0.780. The monoisotopic (exact) mass is 292 g/mol. The van der Waals surface area contributed by atoms with Crippen molar-refractivity contribution >= 4 is 5.91 Å². The van der Waals surface area contributed by atoms with E-state index in [1.54, 1.807) is 0 Å². The van der Waals surface area contributed by atoms with Gasteiger partial charge < -0.3 is 10.2 Å². The molecule has 0 spiro atoms. The second-order valence-electron chi connectivity index (χ2n) is 5.98. The number of carbonyl (C=O) groups excluding carboxylic acids is 1. The number of hydrogen-bond acceptors (Lipinski definition) is 2. The van der Waals surface area contributed by atoms with Crippen LogP contribution in [0.3, 0.4) is 0 Å². The molecule has 2 aliphatic rings. The zero-order chi connectivity index (χ0) is 14.8. The van der Waals surface area contributed by atoms with Crippen LogP contribution in [-0.2, 0) is 4.79 Å². The summed E-state index contributed by atoms with van der Waals surface area (Å²) >= 11 is 0. The molecule has 0 radical (unpaired) electrons. The fraction of sp³-hybridized carbons (Fsp3) is 0.929. The highest BCUT2D eigenvalue weighted by atomic mass is 19.4. The normalized spacial score (nSPS) is 31.6. The van der Waals surface area contributed by atoms with E-state index in [0.717, 1.165) is 25.9 Å². The summed E-state index contributed by atoms with van der Waals surface area (Å²) in [5.74, 6) is -1.34. The summed E-state index contributed by atoms with van der Waals surface area (Å²) in [4.78, 5) is 14.3. The van der Waals surface area contributed by atoms with Crippen molar-refractivity contribution in [2.24, 2.45) is 11.8 Å². The molecule has 0 bridgehead atoms. The summed E-state index contributed by atoms with van der Waals surface area (Å²) < 4.78 is 37.9. The highest BCUT2D eigenvalue weighted by molar-refractivity contribution is 5.79. The molecule has 3 nitrogen and oxygen atoms in total. The molecule has 2 rings (SSSR count). The van der Waals surface area contributed by atoms with Crippen LogP contribution >= 0.6 is 0 Å². The maximum Gasteiger partial charge on any atom is 0.391 e. The maximum atomic E-state index is 12.6. The Morgan fingerprint density at radius 1 is 1.20 bits per heavy atom. The molecule has 1 heterocycles. The van der Waals surface area contributed by atoms with Gasteiger partial charge in [0.25, 0.3) is 0 Å². The summed E-state index contributed by atoms with van der Waals surface area (Å²) in [5.41, 5.74) is 0. The molecule has 1 N–H and O–H groups in total. The standard InChI is InChI=1S/C14H23F3N2O/c1-18-9-12-3-2-8-19(12)13(20)10-4-6-11(7-5-10)14(15,16)17/h10-12,18H,2-9H2,1H3. The number of hydrogen-bond donors (Lipinski definition) is 1.